The third-order valence-corrected chi connectivity index (χ3v) is 4.78. The van der Waals surface area contributed by atoms with Crippen molar-refractivity contribution in [1.29, 1.82) is 0 Å². The van der Waals surface area contributed by atoms with Crippen LogP contribution < -0.4 is 0 Å². The Morgan fingerprint density at radius 1 is 0.367 bits per heavy atom. The van der Waals surface area contributed by atoms with E-state index in [0.29, 0.717) is 24.3 Å². The SMILES string of the molecule is O=C1C=C(O)C2=C(C3=C4C(O)=CC(=O)C(O)=C4C(O)=CC3=O)C(=O)C=C(O)C2=C1O. The van der Waals surface area contributed by atoms with Gasteiger partial charge in [0.15, 0.2) is 23.1 Å². The number of fused-ring (bicyclic) bond motifs is 2. The lowest BCUT2D eigenvalue weighted by atomic mass is 9.75. The molecule has 0 spiro atoms. The van der Waals surface area contributed by atoms with Crippen LogP contribution in [0.3, 0.4) is 0 Å². The second kappa shape index (κ2) is 5.95. The molecule has 0 aromatic rings. The molecule has 10 nitrogen and oxygen atoms in total. The molecule has 4 aliphatic rings. The van der Waals surface area contributed by atoms with Crippen molar-refractivity contribution >= 4 is 23.1 Å². The number of rotatable bonds is 1. The van der Waals surface area contributed by atoms with Crippen molar-refractivity contribution in [2.75, 3.05) is 0 Å². The smallest absolute Gasteiger partial charge is 0.224 e. The molecular weight excluding hydrogens is 400 g/mol. The zero-order valence-corrected chi connectivity index (χ0v) is 14.6. The van der Waals surface area contributed by atoms with Crippen LogP contribution >= 0.6 is 0 Å². The van der Waals surface area contributed by atoms with E-state index in [0.717, 1.165) is 0 Å². The first kappa shape index (κ1) is 18.7. The summed E-state index contributed by atoms with van der Waals surface area (Å²) in [6.07, 6.45) is 2.26. The van der Waals surface area contributed by atoms with E-state index in [1.54, 1.807) is 0 Å². The molecule has 150 valence electrons. The van der Waals surface area contributed by atoms with Crippen LogP contribution in [-0.2, 0) is 19.2 Å². The summed E-state index contributed by atoms with van der Waals surface area (Å²) in [5.41, 5.74) is -3.69. The highest BCUT2D eigenvalue weighted by Gasteiger charge is 2.43. The van der Waals surface area contributed by atoms with Gasteiger partial charge in [-0.05, 0) is 0 Å². The highest BCUT2D eigenvalue weighted by atomic mass is 16.3. The van der Waals surface area contributed by atoms with Gasteiger partial charge in [-0.2, -0.15) is 0 Å². The molecule has 30 heavy (non-hydrogen) atoms. The van der Waals surface area contributed by atoms with Gasteiger partial charge in [0.2, 0.25) is 11.6 Å². The van der Waals surface area contributed by atoms with E-state index in [1.807, 2.05) is 0 Å². The minimum atomic E-state index is -1.07. The zero-order valence-electron chi connectivity index (χ0n) is 14.6. The molecule has 0 saturated carbocycles. The number of carbonyl (C=O) groups is 4. The van der Waals surface area contributed by atoms with Gasteiger partial charge in [-0.15, -0.1) is 0 Å². The average Bonchev–Trinajstić information content (AvgIpc) is 2.64. The van der Waals surface area contributed by atoms with Crippen molar-refractivity contribution in [3.05, 3.63) is 92.3 Å². The average molecular weight is 410 g/mol. The van der Waals surface area contributed by atoms with Gasteiger partial charge < -0.3 is 30.6 Å². The first-order valence-corrected chi connectivity index (χ1v) is 8.22. The maximum atomic E-state index is 12.7. The summed E-state index contributed by atoms with van der Waals surface area (Å²) in [6.45, 7) is 0. The first-order chi connectivity index (χ1) is 14.0. The fourth-order valence-corrected chi connectivity index (χ4v) is 3.55. The number of ketones is 4. The summed E-state index contributed by atoms with van der Waals surface area (Å²) in [4.78, 5) is 49.0. The Bertz CT molecular complexity index is 1180. The third-order valence-electron chi connectivity index (χ3n) is 4.78. The highest BCUT2D eigenvalue weighted by molar-refractivity contribution is 6.25. The van der Waals surface area contributed by atoms with Crippen LogP contribution in [0.15, 0.2) is 92.3 Å². The van der Waals surface area contributed by atoms with Crippen LogP contribution in [0.4, 0.5) is 0 Å². The van der Waals surface area contributed by atoms with Gasteiger partial charge in [0.25, 0.3) is 0 Å². The molecule has 10 heteroatoms. The molecule has 0 aliphatic heterocycles. The van der Waals surface area contributed by atoms with Gasteiger partial charge in [0, 0.05) is 46.6 Å². The minimum absolute atomic E-state index is 0.556. The van der Waals surface area contributed by atoms with Crippen molar-refractivity contribution in [2.24, 2.45) is 0 Å². The molecule has 0 bridgehead atoms. The lowest BCUT2D eigenvalue weighted by Crippen LogP contribution is -2.28. The Labute approximate surface area is 166 Å². The van der Waals surface area contributed by atoms with Crippen LogP contribution in [-0.4, -0.2) is 53.8 Å². The lowest BCUT2D eigenvalue weighted by molar-refractivity contribution is -0.115. The summed E-state index contributed by atoms with van der Waals surface area (Å²) in [7, 11) is 0. The van der Waals surface area contributed by atoms with E-state index in [2.05, 4.69) is 0 Å². The predicted octanol–water partition coefficient (Wildman–Crippen LogP) is 1.30. The molecule has 0 saturated heterocycles. The van der Waals surface area contributed by atoms with Crippen LogP contribution in [0, 0.1) is 0 Å². The number of hydrogen-bond acceptors (Lipinski definition) is 10. The van der Waals surface area contributed by atoms with Gasteiger partial charge >= 0.3 is 0 Å². The topological polar surface area (TPSA) is 190 Å². The van der Waals surface area contributed by atoms with Crippen LogP contribution in [0.25, 0.3) is 0 Å². The number of hydrogen-bond donors (Lipinski definition) is 6. The fraction of sp³-hybridized carbons (Fsp3) is 0. The number of carbonyl (C=O) groups excluding carboxylic acids is 4. The maximum absolute atomic E-state index is 12.7. The monoisotopic (exact) mass is 410 g/mol. The lowest BCUT2D eigenvalue weighted by Gasteiger charge is -2.28. The summed E-state index contributed by atoms with van der Waals surface area (Å²) < 4.78 is 0. The second-order valence-electron chi connectivity index (χ2n) is 6.52. The van der Waals surface area contributed by atoms with Crippen molar-refractivity contribution in [1.82, 2.24) is 0 Å². The Balaban J connectivity index is 2.16. The Morgan fingerprint density at radius 2 is 0.633 bits per heavy atom. The van der Waals surface area contributed by atoms with E-state index < -0.39 is 91.1 Å². The van der Waals surface area contributed by atoms with Crippen molar-refractivity contribution in [3.63, 3.8) is 0 Å². The molecule has 6 N–H and O–H groups in total. The molecule has 0 aromatic heterocycles. The number of aliphatic hydroxyl groups is 6. The molecule has 0 fully saturated rings. The summed E-state index contributed by atoms with van der Waals surface area (Å²) in [5, 5.41) is 60.8. The fourth-order valence-electron chi connectivity index (χ4n) is 3.55. The van der Waals surface area contributed by atoms with E-state index in [4.69, 9.17) is 0 Å². The Morgan fingerprint density at radius 3 is 0.967 bits per heavy atom. The molecule has 0 atom stereocenters. The van der Waals surface area contributed by atoms with Crippen molar-refractivity contribution < 1.29 is 49.8 Å². The molecular formula is C20H10O10. The Hall–Kier alpha value is -4.60. The van der Waals surface area contributed by atoms with Gasteiger partial charge in [-0.1, -0.05) is 0 Å². The first-order valence-electron chi connectivity index (χ1n) is 8.22. The summed E-state index contributed by atoms with van der Waals surface area (Å²) in [6, 6.07) is 0. The number of allylic oxidation sites excluding steroid dienone is 10. The van der Waals surface area contributed by atoms with E-state index in [-0.39, 0.29) is 0 Å². The van der Waals surface area contributed by atoms with Crippen LogP contribution in [0.1, 0.15) is 0 Å². The predicted molar refractivity (Wildman–Crippen MR) is 96.2 cm³/mol. The van der Waals surface area contributed by atoms with Gasteiger partial charge in [0.1, 0.15) is 23.0 Å². The van der Waals surface area contributed by atoms with Crippen molar-refractivity contribution in [2.45, 2.75) is 0 Å². The quantitative estimate of drug-likeness (QED) is 0.367. The number of aliphatic hydroxyl groups excluding tert-OH is 6. The summed E-state index contributed by atoms with van der Waals surface area (Å²) in [5.74, 6) is -9.70. The zero-order chi connectivity index (χ0) is 22.1. The highest BCUT2D eigenvalue weighted by Crippen LogP contribution is 2.44. The van der Waals surface area contributed by atoms with E-state index in [1.165, 1.54) is 0 Å². The van der Waals surface area contributed by atoms with Gasteiger partial charge in [-0.25, -0.2) is 0 Å². The molecule has 4 rings (SSSR count). The van der Waals surface area contributed by atoms with Gasteiger partial charge in [-0.3, -0.25) is 19.2 Å². The summed E-state index contributed by atoms with van der Waals surface area (Å²) >= 11 is 0. The molecule has 0 amide bonds. The third kappa shape index (κ3) is 2.30. The van der Waals surface area contributed by atoms with Gasteiger partial charge in [0.05, 0.1) is 11.1 Å². The van der Waals surface area contributed by atoms with E-state index >= 15 is 0 Å². The molecule has 0 radical (unpaired) electrons. The molecule has 0 aromatic carbocycles. The minimum Gasteiger partial charge on any atom is -0.507 e. The second-order valence-corrected chi connectivity index (χ2v) is 6.52. The molecule has 0 heterocycles. The molecule has 4 aliphatic carbocycles. The normalized spacial score (nSPS) is 22.0. The standard InChI is InChI=1S/C20H10O10/c21-5-1-9(25)17-15(7(23)3-11(27)19(17)29)13(5)14-6(22)2-10(26)18-16(14)8(24)4-12(28)20(18)30/h1-4,23-26,29-30H. The van der Waals surface area contributed by atoms with E-state index in [9.17, 15) is 49.8 Å². The largest absolute Gasteiger partial charge is 0.507 e. The maximum Gasteiger partial charge on any atom is 0.224 e. The molecule has 0 unspecified atom stereocenters. The van der Waals surface area contributed by atoms with Crippen LogP contribution in [0.2, 0.25) is 0 Å². The van der Waals surface area contributed by atoms with Crippen LogP contribution in [0.5, 0.6) is 0 Å². The Kier molecular flexibility index (Phi) is 3.72. The van der Waals surface area contributed by atoms with Crippen molar-refractivity contribution in [3.8, 4) is 0 Å².